The highest BCUT2D eigenvalue weighted by atomic mass is 19.2. The summed E-state index contributed by atoms with van der Waals surface area (Å²) in [4.78, 5) is 0. The molecule has 1 fully saturated rings. The van der Waals surface area contributed by atoms with Crippen molar-refractivity contribution in [3.63, 3.8) is 0 Å². The number of aryl methyl sites for hydroxylation is 2. The number of allylic oxidation sites excluding steroid dienone is 1. The molecule has 0 N–H and O–H groups in total. The van der Waals surface area contributed by atoms with Crippen LogP contribution in [0.3, 0.4) is 0 Å². The molecule has 190 valence electrons. The minimum absolute atomic E-state index is 0.0826. The third-order valence-electron chi connectivity index (χ3n) is 7.58. The van der Waals surface area contributed by atoms with Crippen LogP contribution < -0.4 is 0 Å². The van der Waals surface area contributed by atoms with Crippen LogP contribution in [0.25, 0.3) is 17.2 Å². The van der Waals surface area contributed by atoms with Gasteiger partial charge in [-0.1, -0.05) is 87.4 Å². The molecule has 0 aromatic heterocycles. The Balaban J connectivity index is 1.37. The maximum absolute atomic E-state index is 14.9. The van der Waals surface area contributed by atoms with Crippen molar-refractivity contribution in [1.82, 2.24) is 0 Å². The molecule has 1 aliphatic carbocycles. The molecule has 0 spiro atoms. The van der Waals surface area contributed by atoms with E-state index in [1.165, 1.54) is 5.56 Å². The third kappa shape index (κ3) is 6.30. The fourth-order valence-corrected chi connectivity index (χ4v) is 5.33. The van der Waals surface area contributed by atoms with Crippen LogP contribution in [-0.2, 0) is 12.8 Å². The molecule has 4 rings (SSSR count). The van der Waals surface area contributed by atoms with Crippen molar-refractivity contribution in [1.29, 1.82) is 0 Å². The normalized spacial score (nSPS) is 18.1. The molecule has 0 heterocycles. The molecule has 0 radical (unpaired) electrons. The Kier molecular flexibility index (Phi) is 9.07. The largest absolute Gasteiger partial charge is 0.207 e. The van der Waals surface area contributed by atoms with Gasteiger partial charge in [-0.3, -0.25) is 0 Å². The summed E-state index contributed by atoms with van der Waals surface area (Å²) < 4.78 is 44.3. The highest BCUT2D eigenvalue weighted by molar-refractivity contribution is 5.67. The van der Waals surface area contributed by atoms with E-state index in [9.17, 15) is 13.2 Å². The first-order valence-corrected chi connectivity index (χ1v) is 13.5. The number of halogens is 3. The first-order valence-electron chi connectivity index (χ1n) is 13.5. The molecule has 0 nitrogen and oxygen atoms in total. The Morgan fingerprint density at radius 1 is 0.778 bits per heavy atom. The quantitative estimate of drug-likeness (QED) is 0.280. The number of benzene rings is 3. The topological polar surface area (TPSA) is 0 Å². The molecule has 0 bridgehead atoms. The molecule has 0 unspecified atom stereocenters. The van der Waals surface area contributed by atoms with Gasteiger partial charge in [-0.2, -0.15) is 0 Å². The standard InChI is InChI=1S/C33H37F3/c1-3-5-7-27-18-19-29(22-31(27)34)25-13-8-24(9-14-25)12-17-28-20-21-30(33(36)32(28)35)26-15-10-23(6-4-2)11-16-26/h10-12,15-22,24-25H,3-9,13-14H2,1-2H3/b17-12+. The fourth-order valence-electron chi connectivity index (χ4n) is 5.33. The lowest BCUT2D eigenvalue weighted by Crippen LogP contribution is -2.12. The fraction of sp³-hybridized carbons (Fsp3) is 0.394. The molecule has 1 aliphatic rings. The highest BCUT2D eigenvalue weighted by Gasteiger charge is 2.22. The zero-order chi connectivity index (χ0) is 25.5. The van der Waals surface area contributed by atoms with Gasteiger partial charge < -0.3 is 0 Å². The van der Waals surface area contributed by atoms with Gasteiger partial charge in [-0.05, 0) is 85.1 Å². The first kappa shape index (κ1) is 26.3. The van der Waals surface area contributed by atoms with Crippen LogP contribution in [0.4, 0.5) is 13.2 Å². The van der Waals surface area contributed by atoms with Crippen molar-refractivity contribution >= 4 is 6.08 Å². The minimum atomic E-state index is -0.798. The summed E-state index contributed by atoms with van der Waals surface area (Å²) in [7, 11) is 0. The van der Waals surface area contributed by atoms with E-state index in [1.54, 1.807) is 24.3 Å². The summed E-state index contributed by atoms with van der Waals surface area (Å²) in [5.41, 5.74) is 4.36. The SMILES string of the molecule is CCCCc1ccc(C2CCC(/C=C/c3ccc(-c4ccc(CCC)cc4)c(F)c3F)CC2)cc1F. The molecule has 1 saturated carbocycles. The Morgan fingerprint density at radius 3 is 2.19 bits per heavy atom. The van der Waals surface area contributed by atoms with Crippen molar-refractivity contribution < 1.29 is 13.2 Å². The van der Waals surface area contributed by atoms with Crippen LogP contribution in [0.15, 0.2) is 60.7 Å². The van der Waals surface area contributed by atoms with Crippen molar-refractivity contribution in [2.75, 3.05) is 0 Å². The lowest BCUT2D eigenvalue weighted by Gasteiger charge is -2.27. The number of unbranched alkanes of at least 4 members (excludes halogenated alkanes) is 1. The lowest BCUT2D eigenvalue weighted by molar-refractivity contribution is 0.376. The average Bonchev–Trinajstić information content (AvgIpc) is 2.90. The Hall–Kier alpha value is -2.81. The van der Waals surface area contributed by atoms with E-state index in [0.717, 1.165) is 68.9 Å². The second-order valence-corrected chi connectivity index (χ2v) is 10.2. The van der Waals surface area contributed by atoms with Gasteiger partial charge in [0, 0.05) is 11.1 Å². The highest BCUT2D eigenvalue weighted by Crippen LogP contribution is 2.37. The van der Waals surface area contributed by atoms with Crippen molar-refractivity contribution in [2.24, 2.45) is 5.92 Å². The maximum atomic E-state index is 14.9. The number of rotatable bonds is 9. The molecule has 0 aliphatic heterocycles. The van der Waals surface area contributed by atoms with Gasteiger partial charge in [0.05, 0.1) is 0 Å². The van der Waals surface area contributed by atoms with Crippen LogP contribution in [0.1, 0.15) is 87.0 Å². The average molecular weight is 491 g/mol. The van der Waals surface area contributed by atoms with Gasteiger partial charge in [0.25, 0.3) is 0 Å². The van der Waals surface area contributed by atoms with E-state index < -0.39 is 11.6 Å². The van der Waals surface area contributed by atoms with E-state index in [1.807, 2.05) is 36.4 Å². The molecule has 0 atom stereocenters. The van der Waals surface area contributed by atoms with E-state index in [4.69, 9.17) is 0 Å². The van der Waals surface area contributed by atoms with Gasteiger partial charge in [0.1, 0.15) is 5.82 Å². The molecule has 3 aromatic carbocycles. The molecular formula is C33H37F3. The monoisotopic (exact) mass is 490 g/mol. The van der Waals surface area contributed by atoms with Gasteiger partial charge in [-0.15, -0.1) is 0 Å². The molecule has 3 aromatic rings. The first-order chi connectivity index (χ1) is 17.5. The van der Waals surface area contributed by atoms with E-state index >= 15 is 0 Å². The van der Waals surface area contributed by atoms with Gasteiger partial charge in [0.15, 0.2) is 11.6 Å². The van der Waals surface area contributed by atoms with Gasteiger partial charge in [0.2, 0.25) is 0 Å². The predicted molar refractivity (Wildman–Crippen MR) is 145 cm³/mol. The van der Waals surface area contributed by atoms with Gasteiger partial charge in [-0.25, -0.2) is 13.2 Å². The minimum Gasteiger partial charge on any atom is -0.207 e. The van der Waals surface area contributed by atoms with E-state index in [0.29, 0.717) is 23.0 Å². The lowest BCUT2D eigenvalue weighted by atomic mass is 9.78. The summed E-state index contributed by atoms with van der Waals surface area (Å²) >= 11 is 0. The molecule has 36 heavy (non-hydrogen) atoms. The summed E-state index contributed by atoms with van der Waals surface area (Å²) in [6, 6.07) is 16.8. The van der Waals surface area contributed by atoms with Crippen LogP contribution in [-0.4, -0.2) is 0 Å². The summed E-state index contributed by atoms with van der Waals surface area (Å²) in [5.74, 6) is -0.993. The Morgan fingerprint density at radius 2 is 1.53 bits per heavy atom. The van der Waals surface area contributed by atoms with Crippen LogP contribution in [0, 0.1) is 23.4 Å². The Bertz CT molecular complexity index is 1170. The molecule has 0 saturated heterocycles. The summed E-state index contributed by atoms with van der Waals surface area (Å²) in [6.45, 7) is 4.24. The zero-order valence-electron chi connectivity index (χ0n) is 21.5. The van der Waals surface area contributed by atoms with Crippen molar-refractivity contribution in [2.45, 2.75) is 77.6 Å². The third-order valence-corrected chi connectivity index (χ3v) is 7.58. The molecule has 3 heteroatoms. The number of hydrogen-bond acceptors (Lipinski definition) is 0. The molecule has 0 amide bonds. The van der Waals surface area contributed by atoms with Crippen molar-refractivity contribution in [3.05, 3.63) is 100 Å². The predicted octanol–water partition coefficient (Wildman–Crippen LogP) is 10.1. The van der Waals surface area contributed by atoms with Crippen LogP contribution >= 0.6 is 0 Å². The van der Waals surface area contributed by atoms with E-state index in [-0.39, 0.29) is 11.4 Å². The van der Waals surface area contributed by atoms with Gasteiger partial charge >= 0.3 is 0 Å². The summed E-state index contributed by atoms with van der Waals surface area (Å²) in [6.07, 6.45) is 12.5. The van der Waals surface area contributed by atoms with Crippen molar-refractivity contribution in [3.8, 4) is 11.1 Å². The Labute approximate surface area is 214 Å². The number of hydrogen-bond donors (Lipinski definition) is 0. The summed E-state index contributed by atoms with van der Waals surface area (Å²) in [5, 5.41) is 0. The van der Waals surface area contributed by atoms with Crippen LogP contribution in [0.5, 0.6) is 0 Å². The smallest absolute Gasteiger partial charge is 0.167 e. The second-order valence-electron chi connectivity index (χ2n) is 10.2. The molecular weight excluding hydrogens is 453 g/mol. The van der Waals surface area contributed by atoms with Crippen LogP contribution in [0.2, 0.25) is 0 Å². The van der Waals surface area contributed by atoms with E-state index in [2.05, 4.69) is 19.9 Å². The zero-order valence-corrected chi connectivity index (χ0v) is 21.5. The second kappa shape index (κ2) is 12.4. The maximum Gasteiger partial charge on any atom is 0.167 e.